The van der Waals surface area contributed by atoms with Crippen LogP contribution in [0.1, 0.15) is 25.0 Å². The van der Waals surface area contributed by atoms with Crippen molar-refractivity contribution < 1.29 is 37.1 Å². The van der Waals surface area contributed by atoms with Gasteiger partial charge in [0.15, 0.2) is 11.5 Å². The first-order chi connectivity index (χ1) is 15.9. The Hall–Kier alpha value is -2.32. The van der Waals surface area contributed by atoms with Gasteiger partial charge in [-0.15, -0.1) is 11.8 Å². The highest BCUT2D eigenvalue weighted by atomic mass is 32.2. The third-order valence-electron chi connectivity index (χ3n) is 4.35. The minimum absolute atomic E-state index is 0.193. The average molecular weight is 499 g/mol. The number of benzene rings is 2. The lowest BCUT2D eigenvalue weighted by molar-refractivity contribution is 0.166. The SMILES string of the molecule is CCOP(=O)(OCC)Oc1cc(CS/C=C\c2c(OC)cc(OC)cc2OC)ccc1OC. The molecule has 0 aromatic heterocycles. The molecule has 2 rings (SSSR count). The monoisotopic (exact) mass is 498 g/mol. The molecule has 0 aliphatic rings. The number of hydrogen-bond acceptors (Lipinski definition) is 9. The van der Waals surface area contributed by atoms with Gasteiger partial charge in [0, 0.05) is 17.9 Å². The van der Waals surface area contributed by atoms with Crippen LogP contribution in [0.4, 0.5) is 0 Å². The van der Waals surface area contributed by atoms with Crippen molar-refractivity contribution in [1.82, 2.24) is 0 Å². The molecule has 0 aliphatic carbocycles. The zero-order valence-corrected chi connectivity index (χ0v) is 21.5. The zero-order chi connectivity index (χ0) is 24.3. The van der Waals surface area contributed by atoms with Crippen LogP contribution < -0.4 is 23.5 Å². The Bertz CT molecular complexity index is 944. The van der Waals surface area contributed by atoms with E-state index in [1.54, 1.807) is 71.2 Å². The maximum Gasteiger partial charge on any atom is 0.530 e. The highest BCUT2D eigenvalue weighted by Gasteiger charge is 2.29. The summed E-state index contributed by atoms with van der Waals surface area (Å²) in [6.45, 7) is 3.83. The number of ether oxygens (including phenoxy) is 4. The molecule has 0 heterocycles. The highest BCUT2D eigenvalue weighted by molar-refractivity contribution is 8.01. The first-order valence-electron chi connectivity index (χ1n) is 10.3. The number of phosphoric acid groups is 1. The zero-order valence-electron chi connectivity index (χ0n) is 19.8. The van der Waals surface area contributed by atoms with Gasteiger partial charge in [0.05, 0.1) is 47.2 Å². The molecular formula is C23H31O8PS. The van der Waals surface area contributed by atoms with E-state index in [-0.39, 0.29) is 13.2 Å². The van der Waals surface area contributed by atoms with Gasteiger partial charge < -0.3 is 23.5 Å². The van der Waals surface area contributed by atoms with Crippen LogP contribution in [0.15, 0.2) is 35.7 Å². The molecule has 0 bridgehead atoms. The molecule has 0 atom stereocenters. The summed E-state index contributed by atoms with van der Waals surface area (Å²) < 4.78 is 50.4. The van der Waals surface area contributed by atoms with Crippen molar-refractivity contribution in [2.24, 2.45) is 0 Å². The van der Waals surface area contributed by atoms with E-state index < -0.39 is 7.82 Å². The topological polar surface area (TPSA) is 81.7 Å². The summed E-state index contributed by atoms with van der Waals surface area (Å²) in [7, 11) is 2.57. The summed E-state index contributed by atoms with van der Waals surface area (Å²) in [6, 6.07) is 9.03. The highest BCUT2D eigenvalue weighted by Crippen LogP contribution is 2.51. The van der Waals surface area contributed by atoms with Crippen LogP contribution in [-0.4, -0.2) is 41.7 Å². The summed E-state index contributed by atoms with van der Waals surface area (Å²) >= 11 is 1.56. The second kappa shape index (κ2) is 13.4. The fourth-order valence-corrected chi connectivity index (χ4v) is 4.76. The van der Waals surface area contributed by atoms with Crippen molar-refractivity contribution in [2.45, 2.75) is 19.6 Å². The Kier molecular flexibility index (Phi) is 10.9. The number of hydrogen-bond donors (Lipinski definition) is 0. The quantitative estimate of drug-likeness (QED) is 0.283. The lowest BCUT2D eigenvalue weighted by Crippen LogP contribution is -2.03. The van der Waals surface area contributed by atoms with Gasteiger partial charge in [-0.05, 0) is 43.0 Å². The maximum atomic E-state index is 12.8. The van der Waals surface area contributed by atoms with Gasteiger partial charge in [0.2, 0.25) is 0 Å². The van der Waals surface area contributed by atoms with Crippen LogP contribution in [0.25, 0.3) is 6.08 Å². The Balaban J connectivity index is 2.17. The van der Waals surface area contributed by atoms with E-state index in [9.17, 15) is 4.57 Å². The molecule has 0 unspecified atom stereocenters. The fraction of sp³-hybridized carbons (Fsp3) is 0.391. The molecule has 182 valence electrons. The number of thioether (sulfide) groups is 1. The minimum atomic E-state index is -3.74. The second-order valence-corrected chi connectivity index (χ2v) is 8.91. The molecule has 0 amide bonds. The van der Waals surface area contributed by atoms with Gasteiger partial charge in [-0.25, -0.2) is 4.57 Å². The number of rotatable bonds is 14. The third kappa shape index (κ3) is 7.61. The molecule has 0 saturated carbocycles. The van der Waals surface area contributed by atoms with E-state index in [0.717, 1.165) is 11.1 Å². The normalized spacial score (nSPS) is 11.5. The van der Waals surface area contributed by atoms with Crippen molar-refractivity contribution in [2.75, 3.05) is 41.7 Å². The third-order valence-corrected chi connectivity index (χ3v) is 6.74. The van der Waals surface area contributed by atoms with Gasteiger partial charge in [-0.1, -0.05) is 6.07 Å². The summed E-state index contributed by atoms with van der Waals surface area (Å²) in [5.74, 6) is 3.30. The van der Waals surface area contributed by atoms with Crippen LogP contribution >= 0.6 is 19.6 Å². The van der Waals surface area contributed by atoms with Crippen molar-refractivity contribution >= 4 is 25.7 Å². The van der Waals surface area contributed by atoms with E-state index in [4.69, 9.17) is 32.5 Å². The van der Waals surface area contributed by atoms with Crippen LogP contribution in [-0.2, 0) is 19.4 Å². The smallest absolute Gasteiger partial charge is 0.496 e. The molecule has 0 radical (unpaired) electrons. The maximum absolute atomic E-state index is 12.8. The average Bonchev–Trinajstić information content (AvgIpc) is 2.81. The first-order valence-corrected chi connectivity index (χ1v) is 12.8. The van der Waals surface area contributed by atoms with Gasteiger partial charge in [0.25, 0.3) is 0 Å². The number of phosphoric ester groups is 1. The molecule has 0 fully saturated rings. The first kappa shape index (κ1) is 26.9. The largest absolute Gasteiger partial charge is 0.530 e. The summed E-state index contributed by atoms with van der Waals surface area (Å²) in [5.41, 5.74) is 1.75. The second-order valence-electron chi connectivity index (χ2n) is 6.42. The molecule has 0 aliphatic heterocycles. The molecule has 10 heteroatoms. The van der Waals surface area contributed by atoms with Crippen LogP contribution in [0.5, 0.6) is 28.7 Å². The van der Waals surface area contributed by atoms with Crippen molar-refractivity contribution in [3.05, 3.63) is 46.9 Å². The molecule has 33 heavy (non-hydrogen) atoms. The Labute approximate surface area is 199 Å². The Morgan fingerprint density at radius 3 is 1.94 bits per heavy atom. The Morgan fingerprint density at radius 2 is 1.42 bits per heavy atom. The lowest BCUT2D eigenvalue weighted by Gasteiger charge is -2.19. The van der Waals surface area contributed by atoms with Gasteiger partial charge in [0.1, 0.15) is 17.2 Å². The predicted molar refractivity (Wildman–Crippen MR) is 131 cm³/mol. The van der Waals surface area contributed by atoms with Crippen LogP contribution in [0, 0.1) is 0 Å². The van der Waals surface area contributed by atoms with Gasteiger partial charge in [-0.2, -0.15) is 0 Å². The molecule has 0 spiro atoms. The molecule has 2 aromatic rings. The van der Waals surface area contributed by atoms with E-state index >= 15 is 0 Å². The summed E-state index contributed by atoms with van der Waals surface area (Å²) in [5, 5.41) is 1.95. The standard InChI is InChI=1S/C23H31O8PS/c1-7-29-32(24,30-8-2)31-23-13-17(9-10-20(23)26-4)16-33-12-11-19-21(27-5)14-18(25-3)15-22(19)28-6/h9-15H,7-8,16H2,1-6H3/b12-11-. The lowest BCUT2D eigenvalue weighted by atomic mass is 10.1. The van der Waals surface area contributed by atoms with Crippen molar-refractivity contribution in [1.29, 1.82) is 0 Å². The fourth-order valence-electron chi connectivity index (χ4n) is 2.87. The van der Waals surface area contributed by atoms with E-state index in [0.29, 0.717) is 34.5 Å². The van der Waals surface area contributed by atoms with Crippen LogP contribution in [0.2, 0.25) is 0 Å². The predicted octanol–water partition coefficient (Wildman–Crippen LogP) is 6.19. The Morgan fingerprint density at radius 1 is 0.818 bits per heavy atom. The minimum Gasteiger partial charge on any atom is -0.496 e. The number of methoxy groups -OCH3 is 4. The molecular weight excluding hydrogens is 467 g/mol. The molecule has 0 saturated heterocycles. The van der Waals surface area contributed by atoms with Gasteiger partial charge >= 0.3 is 7.82 Å². The molecule has 8 nitrogen and oxygen atoms in total. The van der Waals surface area contributed by atoms with Crippen LogP contribution in [0.3, 0.4) is 0 Å². The molecule has 0 N–H and O–H groups in total. The van der Waals surface area contributed by atoms with E-state index in [1.165, 1.54) is 7.11 Å². The summed E-state index contributed by atoms with van der Waals surface area (Å²) in [6.07, 6.45) is 1.92. The van der Waals surface area contributed by atoms with Crippen molar-refractivity contribution in [3.63, 3.8) is 0 Å². The molecule has 2 aromatic carbocycles. The van der Waals surface area contributed by atoms with E-state index in [1.807, 2.05) is 17.6 Å². The summed E-state index contributed by atoms with van der Waals surface area (Å²) in [4.78, 5) is 0. The van der Waals surface area contributed by atoms with Crippen molar-refractivity contribution in [3.8, 4) is 28.7 Å². The van der Waals surface area contributed by atoms with E-state index in [2.05, 4.69) is 0 Å². The van der Waals surface area contributed by atoms with Gasteiger partial charge in [-0.3, -0.25) is 9.05 Å².